The molecule has 1 aromatic rings. The maximum Gasteiger partial charge on any atom is 0.309 e. The van der Waals surface area contributed by atoms with Gasteiger partial charge in [0.05, 0.1) is 17.3 Å². The van der Waals surface area contributed by atoms with Crippen molar-refractivity contribution in [1.82, 2.24) is 9.80 Å². The molecule has 1 amide bonds. The Balaban J connectivity index is 0.903. The van der Waals surface area contributed by atoms with Gasteiger partial charge in [-0.3, -0.25) is 14.4 Å². The van der Waals surface area contributed by atoms with Crippen molar-refractivity contribution in [1.29, 1.82) is 0 Å². The van der Waals surface area contributed by atoms with E-state index in [0.717, 1.165) is 64.0 Å². The number of esters is 2. The van der Waals surface area contributed by atoms with E-state index in [0.29, 0.717) is 47.3 Å². The summed E-state index contributed by atoms with van der Waals surface area (Å²) in [6.07, 6.45) is 14.6. The van der Waals surface area contributed by atoms with E-state index in [4.69, 9.17) is 9.47 Å². The zero-order chi connectivity index (χ0) is 42.0. The number of fused-ring (bicyclic) bond motifs is 7. The first-order valence-corrected chi connectivity index (χ1v) is 24.3. The number of hydrogen-bond donors (Lipinski definition) is 0. The minimum atomic E-state index is -0.500. The topological polar surface area (TPSA) is 76.2 Å². The van der Waals surface area contributed by atoms with Crippen LogP contribution in [0.4, 0.5) is 0 Å². The van der Waals surface area contributed by atoms with Crippen molar-refractivity contribution >= 4 is 17.8 Å². The van der Waals surface area contributed by atoms with Gasteiger partial charge in [0.2, 0.25) is 5.91 Å². The molecule has 7 nitrogen and oxygen atoms in total. The number of amides is 1. The number of nitrogens with zero attached hydrogens (tertiary/aromatic N) is 2. The van der Waals surface area contributed by atoms with Gasteiger partial charge in [0.25, 0.3) is 0 Å². The molecule has 0 N–H and O–H groups in total. The summed E-state index contributed by atoms with van der Waals surface area (Å²) < 4.78 is 12.3. The standard InChI is InChI=1S/C52H78N2O5/c1-10-53-28-30-54(31-29-53)45(57)52-23-18-35(48(6)24-25-48)42(52)36-16-17-40-49(7)21-20-41(47(4,5)39(49)19-22-51(40,9)50(36,8)26-27-52)59-44(56)38-32-37(46(38,2)3)43(55)58-33-34-14-12-11-13-15-34/h11-15,35-42H,10,16-33H2,1-9H3/t35-,36-,37+,38-,39+,40-,41+,42-,49+,50-,51-,52+/m1/s1. The number of benzene rings is 1. The summed E-state index contributed by atoms with van der Waals surface area (Å²) in [6, 6.07) is 9.80. The van der Waals surface area contributed by atoms with E-state index >= 15 is 4.79 Å². The molecule has 0 radical (unpaired) electrons. The molecule has 0 aromatic heterocycles. The largest absolute Gasteiger partial charge is 0.462 e. The highest BCUT2D eigenvalue weighted by Crippen LogP contribution is 2.79. The van der Waals surface area contributed by atoms with Gasteiger partial charge in [0.1, 0.15) is 12.7 Å². The molecule has 7 aliphatic carbocycles. The summed E-state index contributed by atoms with van der Waals surface area (Å²) in [4.78, 5) is 47.1. The van der Waals surface area contributed by atoms with E-state index < -0.39 is 5.41 Å². The van der Waals surface area contributed by atoms with Crippen molar-refractivity contribution < 1.29 is 23.9 Å². The fourth-order valence-corrected chi connectivity index (χ4v) is 16.9. The molecular formula is C52H78N2O5. The van der Waals surface area contributed by atoms with Crippen molar-refractivity contribution in [3.05, 3.63) is 35.9 Å². The lowest BCUT2D eigenvalue weighted by Gasteiger charge is -2.73. The van der Waals surface area contributed by atoms with E-state index in [9.17, 15) is 9.59 Å². The van der Waals surface area contributed by atoms with Crippen LogP contribution in [-0.2, 0) is 30.5 Å². The molecule has 1 heterocycles. The third-order valence-electron chi connectivity index (χ3n) is 21.2. The summed E-state index contributed by atoms with van der Waals surface area (Å²) in [5.74, 6) is 2.51. The fraction of sp³-hybridized carbons (Fsp3) is 0.827. The first-order valence-electron chi connectivity index (χ1n) is 24.3. The average Bonchev–Trinajstić information content (AvgIpc) is 3.82. The van der Waals surface area contributed by atoms with Crippen molar-refractivity contribution in [2.24, 2.45) is 79.3 Å². The number of likely N-dealkylation sites (N-methyl/N-ethyl adjacent to an activating group) is 1. The van der Waals surface area contributed by atoms with E-state index in [2.05, 4.69) is 58.3 Å². The van der Waals surface area contributed by atoms with Crippen molar-refractivity contribution in [3.8, 4) is 0 Å². The zero-order valence-electron chi connectivity index (χ0n) is 38.4. The monoisotopic (exact) mass is 811 g/mol. The second-order valence-electron chi connectivity index (χ2n) is 23.9. The Kier molecular flexibility index (Phi) is 10.2. The number of carbonyl (C=O) groups excluding carboxylic acids is 3. The molecule has 8 fully saturated rings. The summed E-state index contributed by atoms with van der Waals surface area (Å²) in [7, 11) is 0. The predicted molar refractivity (Wildman–Crippen MR) is 232 cm³/mol. The van der Waals surface area contributed by atoms with Crippen LogP contribution in [0.3, 0.4) is 0 Å². The minimum Gasteiger partial charge on any atom is -0.462 e. The number of hydrogen-bond acceptors (Lipinski definition) is 6. The highest BCUT2D eigenvalue weighted by molar-refractivity contribution is 5.84. The number of piperazine rings is 1. The molecule has 8 aliphatic rings. The van der Waals surface area contributed by atoms with Crippen LogP contribution < -0.4 is 0 Å². The Morgan fingerprint density at radius 3 is 2.02 bits per heavy atom. The molecule has 0 bridgehead atoms. The maximum atomic E-state index is 15.1. The van der Waals surface area contributed by atoms with Crippen LogP contribution in [0.5, 0.6) is 0 Å². The van der Waals surface area contributed by atoms with Crippen molar-refractivity contribution in [3.63, 3.8) is 0 Å². The van der Waals surface area contributed by atoms with Gasteiger partial charge in [0.15, 0.2) is 0 Å². The van der Waals surface area contributed by atoms with E-state index in [1.807, 2.05) is 44.2 Å². The first-order chi connectivity index (χ1) is 27.9. The van der Waals surface area contributed by atoms with Crippen molar-refractivity contribution in [2.45, 2.75) is 158 Å². The van der Waals surface area contributed by atoms with Gasteiger partial charge in [-0.15, -0.1) is 0 Å². The van der Waals surface area contributed by atoms with Gasteiger partial charge in [-0.2, -0.15) is 0 Å². The quantitative estimate of drug-likeness (QED) is 0.244. The molecule has 59 heavy (non-hydrogen) atoms. The molecule has 1 aliphatic heterocycles. The third kappa shape index (κ3) is 6.19. The molecular weight excluding hydrogens is 733 g/mol. The Labute approximate surface area is 356 Å². The number of carbonyl (C=O) groups is 3. The molecule has 1 saturated heterocycles. The molecule has 326 valence electrons. The number of rotatable bonds is 8. The molecule has 0 unspecified atom stereocenters. The minimum absolute atomic E-state index is 0.122. The molecule has 12 atom stereocenters. The summed E-state index contributed by atoms with van der Waals surface area (Å²) in [6.45, 7) is 27.0. The van der Waals surface area contributed by atoms with Crippen LogP contribution in [-0.4, -0.2) is 66.5 Å². The fourth-order valence-electron chi connectivity index (χ4n) is 16.9. The Morgan fingerprint density at radius 1 is 0.661 bits per heavy atom. The van der Waals surface area contributed by atoms with Crippen LogP contribution in [0, 0.1) is 79.3 Å². The van der Waals surface area contributed by atoms with E-state index in [1.165, 1.54) is 51.4 Å². The van der Waals surface area contributed by atoms with Crippen LogP contribution in [0.1, 0.15) is 151 Å². The van der Waals surface area contributed by atoms with Gasteiger partial charge in [-0.1, -0.05) is 92.6 Å². The normalized spacial score (nSPS) is 44.1. The molecule has 1 aromatic carbocycles. The molecule has 0 spiro atoms. The molecule has 7 saturated carbocycles. The average molecular weight is 811 g/mol. The Bertz CT molecular complexity index is 1800. The highest BCUT2D eigenvalue weighted by Gasteiger charge is 2.74. The second kappa shape index (κ2) is 14.3. The molecule has 7 heteroatoms. The SMILES string of the molecule is CCN1CCN(C(=O)[C@]23CC[C@@H](C4(C)CC4)[C@@H]2[C@H]2CC[C@@H]4[C@@]5(C)CC[C@H](OC(=O)[C@H]6C[C@@H](C(=O)OCc7ccccc7)C6(C)C)C(C)(C)[C@@H]5CC[C@@]4(C)[C@]2(C)CC3)CC1. The van der Waals surface area contributed by atoms with E-state index in [-0.39, 0.29) is 63.6 Å². The lowest BCUT2D eigenvalue weighted by molar-refractivity contribution is -0.253. The van der Waals surface area contributed by atoms with Crippen LogP contribution >= 0.6 is 0 Å². The lowest BCUT2D eigenvalue weighted by Crippen LogP contribution is -2.68. The van der Waals surface area contributed by atoms with Crippen molar-refractivity contribution in [2.75, 3.05) is 32.7 Å². The maximum absolute atomic E-state index is 15.1. The summed E-state index contributed by atoms with van der Waals surface area (Å²) in [5, 5.41) is 0. The first kappa shape index (κ1) is 41.9. The van der Waals surface area contributed by atoms with Gasteiger partial charge in [0, 0.05) is 31.6 Å². The highest BCUT2D eigenvalue weighted by atomic mass is 16.5. The Hall–Kier alpha value is -2.41. The van der Waals surface area contributed by atoms with Gasteiger partial charge in [-0.05, 0) is 152 Å². The third-order valence-corrected chi connectivity index (χ3v) is 21.2. The second-order valence-corrected chi connectivity index (χ2v) is 23.9. The smallest absolute Gasteiger partial charge is 0.309 e. The van der Waals surface area contributed by atoms with E-state index in [1.54, 1.807) is 0 Å². The van der Waals surface area contributed by atoms with Crippen LogP contribution in [0.15, 0.2) is 30.3 Å². The van der Waals surface area contributed by atoms with Crippen LogP contribution in [0.25, 0.3) is 0 Å². The predicted octanol–water partition coefficient (Wildman–Crippen LogP) is 10.3. The summed E-state index contributed by atoms with van der Waals surface area (Å²) >= 11 is 0. The van der Waals surface area contributed by atoms with Gasteiger partial charge < -0.3 is 19.3 Å². The van der Waals surface area contributed by atoms with Gasteiger partial charge in [-0.25, -0.2) is 0 Å². The van der Waals surface area contributed by atoms with Crippen LogP contribution in [0.2, 0.25) is 0 Å². The number of ether oxygens (including phenoxy) is 2. The summed E-state index contributed by atoms with van der Waals surface area (Å²) in [5.41, 5.74) is 1.21. The zero-order valence-corrected chi connectivity index (χ0v) is 38.4. The Morgan fingerprint density at radius 2 is 1.36 bits per heavy atom. The molecule has 9 rings (SSSR count). The van der Waals surface area contributed by atoms with Gasteiger partial charge >= 0.3 is 11.9 Å². The lowest BCUT2D eigenvalue weighted by atomic mass is 9.32.